The van der Waals surface area contributed by atoms with E-state index in [1.165, 1.54) is 6.21 Å². The molecule has 6 heteroatoms. The largest absolute Gasteiger partial charge is 0.496 e. The van der Waals surface area contributed by atoms with E-state index in [9.17, 15) is 9.59 Å². The summed E-state index contributed by atoms with van der Waals surface area (Å²) in [6.45, 7) is 3.53. The van der Waals surface area contributed by atoms with Gasteiger partial charge in [0.15, 0.2) is 0 Å². The Bertz CT molecular complexity index is 571. The van der Waals surface area contributed by atoms with Crippen LogP contribution in [0.4, 0.5) is 4.79 Å². The highest BCUT2D eigenvalue weighted by Crippen LogP contribution is 2.21. The van der Waals surface area contributed by atoms with E-state index in [0.717, 1.165) is 5.01 Å². The number of benzene rings is 1. The second-order valence-electron chi connectivity index (χ2n) is 4.72. The molecular weight excluding hydrogens is 258 g/mol. The number of hydrazone groups is 1. The minimum atomic E-state index is -0.880. The number of hydrogen-bond donors (Lipinski definition) is 1. The van der Waals surface area contributed by atoms with Gasteiger partial charge in [0.1, 0.15) is 11.3 Å². The van der Waals surface area contributed by atoms with Crippen molar-refractivity contribution < 1.29 is 14.3 Å². The molecule has 20 heavy (non-hydrogen) atoms. The first-order chi connectivity index (χ1) is 9.51. The van der Waals surface area contributed by atoms with Crippen LogP contribution in [0.2, 0.25) is 0 Å². The molecule has 1 heterocycles. The number of para-hydroxylation sites is 1. The van der Waals surface area contributed by atoms with Crippen LogP contribution >= 0.6 is 0 Å². The summed E-state index contributed by atoms with van der Waals surface area (Å²) in [5.74, 6) is 0.276. The third kappa shape index (κ3) is 2.36. The molecule has 0 aromatic heterocycles. The Hall–Kier alpha value is -2.37. The molecule has 106 valence electrons. The third-order valence-corrected chi connectivity index (χ3v) is 3.40. The Kier molecular flexibility index (Phi) is 3.74. The number of rotatable bonds is 4. The summed E-state index contributed by atoms with van der Waals surface area (Å²) < 4.78 is 5.18. The lowest BCUT2D eigenvalue weighted by Crippen LogP contribution is -2.42. The van der Waals surface area contributed by atoms with Crippen LogP contribution in [0.25, 0.3) is 0 Å². The zero-order valence-corrected chi connectivity index (χ0v) is 11.7. The molecule has 1 fully saturated rings. The first-order valence-corrected chi connectivity index (χ1v) is 6.35. The van der Waals surface area contributed by atoms with Crippen molar-refractivity contribution in [2.45, 2.75) is 25.8 Å². The van der Waals surface area contributed by atoms with Gasteiger partial charge in [-0.3, -0.25) is 4.79 Å². The van der Waals surface area contributed by atoms with Gasteiger partial charge in [0.2, 0.25) is 0 Å². The van der Waals surface area contributed by atoms with Crippen LogP contribution in [0.3, 0.4) is 0 Å². The molecule has 1 atom stereocenters. The number of amides is 3. The van der Waals surface area contributed by atoms with Gasteiger partial charge in [-0.05, 0) is 25.5 Å². The van der Waals surface area contributed by atoms with E-state index in [1.54, 1.807) is 26.2 Å². The molecule has 0 spiro atoms. The highest BCUT2D eigenvalue weighted by molar-refractivity contribution is 6.07. The summed E-state index contributed by atoms with van der Waals surface area (Å²) in [5, 5.41) is 7.47. The van der Waals surface area contributed by atoms with E-state index in [2.05, 4.69) is 10.4 Å². The Balaban J connectivity index is 2.24. The number of nitrogens with one attached hydrogen (secondary N) is 1. The van der Waals surface area contributed by atoms with Crippen molar-refractivity contribution >= 4 is 18.2 Å². The summed E-state index contributed by atoms with van der Waals surface area (Å²) in [5.41, 5.74) is -0.185. The summed E-state index contributed by atoms with van der Waals surface area (Å²) in [4.78, 5) is 23.9. The van der Waals surface area contributed by atoms with Crippen LogP contribution in [0, 0.1) is 0 Å². The van der Waals surface area contributed by atoms with Gasteiger partial charge >= 0.3 is 6.03 Å². The van der Waals surface area contributed by atoms with E-state index in [0.29, 0.717) is 17.7 Å². The second kappa shape index (κ2) is 5.32. The van der Waals surface area contributed by atoms with Crippen LogP contribution in [-0.2, 0) is 4.79 Å². The van der Waals surface area contributed by atoms with Crippen LogP contribution < -0.4 is 10.1 Å². The lowest BCUT2D eigenvalue weighted by Gasteiger charge is -2.17. The van der Waals surface area contributed by atoms with Crippen LogP contribution in [-0.4, -0.2) is 35.8 Å². The van der Waals surface area contributed by atoms with Crippen LogP contribution in [0.5, 0.6) is 5.75 Å². The van der Waals surface area contributed by atoms with Crippen molar-refractivity contribution in [1.82, 2.24) is 10.3 Å². The quantitative estimate of drug-likeness (QED) is 0.672. The molecule has 1 aliphatic rings. The van der Waals surface area contributed by atoms with Crippen LogP contribution in [0.15, 0.2) is 29.4 Å². The number of urea groups is 1. The third-order valence-electron chi connectivity index (χ3n) is 3.40. The summed E-state index contributed by atoms with van der Waals surface area (Å²) in [6.07, 6.45) is 1.95. The van der Waals surface area contributed by atoms with Gasteiger partial charge in [0.25, 0.3) is 5.91 Å². The smallest absolute Gasteiger partial charge is 0.346 e. The first kappa shape index (κ1) is 14.0. The molecule has 1 aliphatic heterocycles. The highest BCUT2D eigenvalue weighted by atomic mass is 16.5. The van der Waals surface area contributed by atoms with Crippen molar-refractivity contribution in [3.63, 3.8) is 0 Å². The van der Waals surface area contributed by atoms with Gasteiger partial charge in [-0.2, -0.15) is 5.10 Å². The second-order valence-corrected chi connectivity index (χ2v) is 4.72. The minimum Gasteiger partial charge on any atom is -0.496 e. The molecule has 0 bridgehead atoms. The number of ether oxygens (including phenoxy) is 1. The lowest BCUT2D eigenvalue weighted by atomic mass is 10.00. The van der Waals surface area contributed by atoms with Crippen molar-refractivity contribution in [3.8, 4) is 5.75 Å². The highest BCUT2D eigenvalue weighted by Gasteiger charge is 2.46. The topological polar surface area (TPSA) is 71.0 Å². The Morgan fingerprint density at radius 1 is 1.40 bits per heavy atom. The molecule has 1 aromatic carbocycles. The molecule has 0 radical (unpaired) electrons. The predicted molar refractivity (Wildman–Crippen MR) is 74.7 cm³/mol. The van der Waals surface area contributed by atoms with Gasteiger partial charge in [0, 0.05) is 5.56 Å². The number of methoxy groups -OCH3 is 1. The molecule has 6 nitrogen and oxygen atoms in total. The maximum Gasteiger partial charge on any atom is 0.346 e. The number of hydrogen-bond acceptors (Lipinski definition) is 4. The lowest BCUT2D eigenvalue weighted by molar-refractivity contribution is -0.130. The minimum absolute atomic E-state index is 0.351. The molecule has 1 unspecified atom stereocenters. The number of nitrogens with zero attached hydrogens (tertiary/aromatic N) is 2. The van der Waals surface area contributed by atoms with Crippen molar-refractivity contribution in [2.24, 2.45) is 5.10 Å². The Morgan fingerprint density at radius 2 is 2.10 bits per heavy atom. The maximum absolute atomic E-state index is 12.1. The van der Waals surface area contributed by atoms with Crippen molar-refractivity contribution in [2.75, 3.05) is 7.11 Å². The van der Waals surface area contributed by atoms with Crippen molar-refractivity contribution in [3.05, 3.63) is 29.8 Å². The van der Waals surface area contributed by atoms with Crippen LogP contribution in [0.1, 0.15) is 25.8 Å². The van der Waals surface area contributed by atoms with Gasteiger partial charge in [0.05, 0.1) is 13.3 Å². The van der Waals surface area contributed by atoms with E-state index in [4.69, 9.17) is 4.74 Å². The normalized spacial score (nSPS) is 22.4. The fourth-order valence-electron chi connectivity index (χ4n) is 1.91. The van der Waals surface area contributed by atoms with E-state index >= 15 is 0 Å². The standard InChI is InChI=1S/C14H17N3O3/c1-4-14(2)12(18)17(13(19)16-14)15-9-10-7-5-6-8-11(10)20-3/h5-9H,4H2,1-3H3,(H,16,19). The van der Waals surface area contributed by atoms with Gasteiger partial charge in [-0.25, -0.2) is 4.79 Å². The predicted octanol–water partition coefficient (Wildman–Crippen LogP) is 1.75. The van der Waals surface area contributed by atoms with Gasteiger partial charge in [-0.15, -0.1) is 5.01 Å². The average molecular weight is 275 g/mol. The Labute approximate surface area is 117 Å². The summed E-state index contributed by atoms with van der Waals surface area (Å²) in [6, 6.07) is 6.72. The molecule has 1 N–H and O–H groups in total. The maximum atomic E-state index is 12.1. The zero-order valence-electron chi connectivity index (χ0n) is 11.7. The fraction of sp³-hybridized carbons (Fsp3) is 0.357. The SMILES string of the molecule is CCC1(C)NC(=O)N(N=Cc2ccccc2OC)C1=O. The average Bonchev–Trinajstić information content (AvgIpc) is 2.68. The molecule has 3 amide bonds. The van der Waals surface area contributed by atoms with E-state index < -0.39 is 11.6 Å². The summed E-state index contributed by atoms with van der Waals surface area (Å²) >= 11 is 0. The molecule has 0 aliphatic carbocycles. The molecule has 2 rings (SSSR count). The van der Waals surface area contributed by atoms with Crippen molar-refractivity contribution in [1.29, 1.82) is 0 Å². The zero-order chi connectivity index (χ0) is 14.8. The first-order valence-electron chi connectivity index (χ1n) is 6.35. The van der Waals surface area contributed by atoms with Gasteiger partial charge < -0.3 is 10.1 Å². The summed E-state index contributed by atoms with van der Waals surface area (Å²) in [7, 11) is 1.55. The van der Waals surface area contributed by atoms with Gasteiger partial charge in [-0.1, -0.05) is 19.1 Å². The number of carbonyl (C=O) groups is 2. The molecule has 1 aromatic rings. The fourth-order valence-corrected chi connectivity index (χ4v) is 1.91. The monoisotopic (exact) mass is 275 g/mol. The number of imide groups is 1. The molecule has 0 saturated carbocycles. The molecular formula is C14H17N3O3. The Morgan fingerprint density at radius 3 is 2.70 bits per heavy atom. The van der Waals surface area contributed by atoms with E-state index in [1.807, 2.05) is 19.1 Å². The number of carbonyl (C=O) groups excluding carboxylic acids is 2. The van der Waals surface area contributed by atoms with E-state index in [-0.39, 0.29) is 5.91 Å². The molecule has 1 saturated heterocycles.